The number of allylic oxidation sites excluding steroid dienone is 2. The molecule has 0 aromatic heterocycles. The molecule has 0 amide bonds. The van der Waals surface area contributed by atoms with Gasteiger partial charge in [0.15, 0.2) is 0 Å². The van der Waals surface area contributed by atoms with Crippen LogP contribution in [-0.2, 0) is 45.7 Å². The summed E-state index contributed by atoms with van der Waals surface area (Å²) in [5, 5.41) is 0. The van der Waals surface area contributed by atoms with Gasteiger partial charge in [0.25, 0.3) is 0 Å². The molecule has 1 saturated heterocycles. The van der Waals surface area contributed by atoms with Gasteiger partial charge in [-0.15, -0.1) is 0 Å². The summed E-state index contributed by atoms with van der Waals surface area (Å²) in [5.41, 5.74) is 16.6. The Bertz CT molecular complexity index is 1040. The molecular formula is C30H38Cl2Hf. The van der Waals surface area contributed by atoms with E-state index in [2.05, 4.69) is 78.0 Å². The minimum atomic E-state index is -2.65. The van der Waals surface area contributed by atoms with Crippen LogP contribution in [0.4, 0.5) is 0 Å². The molecule has 1 heterocycles. The third kappa shape index (κ3) is 3.99. The van der Waals surface area contributed by atoms with Crippen molar-refractivity contribution < 1.29 is 44.8 Å². The summed E-state index contributed by atoms with van der Waals surface area (Å²) >= 11 is -2.65. The van der Waals surface area contributed by atoms with E-state index in [9.17, 15) is 0 Å². The maximum Gasteiger partial charge on any atom is -1.00 e. The molecule has 1 fully saturated rings. The SMILES string of the molecule is CCc1ccc(CC)c2c1C=C(C)[CH]2[Hf+2]1([CH]2C(C)=Cc3c(CC)ccc(CC)c32)[CH2][CH2]1.[Cl-].[Cl-]. The molecule has 0 nitrogen and oxygen atoms in total. The molecule has 2 atom stereocenters. The van der Waals surface area contributed by atoms with Gasteiger partial charge < -0.3 is 24.8 Å². The van der Waals surface area contributed by atoms with E-state index in [-0.39, 0.29) is 24.8 Å². The van der Waals surface area contributed by atoms with Gasteiger partial charge in [0.05, 0.1) is 0 Å². The summed E-state index contributed by atoms with van der Waals surface area (Å²) in [6.45, 7) is 14.3. The fourth-order valence-corrected chi connectivity index (χ4v) is 35.7. The Labute approximate surface area is 218 Å². The van der Waals surface area contributed by atoms with Crippen LogP contribution < -0.4 is 24.8 Å². The second kappa shape index (κ2) is 10.2. The average Bonchev–Trinajstić information content (AvgIpc) is 3.35. The summed E-state index contributed by atoms with van der Waals surface area (Å²) in [6, 6.07) is 9.77. The van der Waals surface area contributed by atoms with Crippen LogP contribution in [0, 0.1) is 0 Å². The first-order valence-electron chi connectivity index (χ1n) is 12.7. The Morgan fingerprint density at radius 3 is 1.24 bits per heavy atom. The van der Waals surface area contributed by atoms with Crippen LogP contribution in [0.25, 0.3) is 12.2 Å². The number of hydrogen-bond acceptors (Lipinski definition) is 0. The van der Waals surface area contributed by atoms with Crippen LogP contribution in [0.1, 0.15) is 93.4 Å². The quantitative estimate of drug-likeness (QED) is 0.423. The topological polar surface area (TPSA) is 0 Å². The van der Waals surface area contributed by atoms with Gasteiger partial charge in [-0.3, -0.25) is 0 Å². The van der Waals surface area contributed by atoms with Crippen LogP contribution in [0.3, 0.4) is 0 Å². The molecule has 2 unspecified atom stereocenters. The van der Waals surface area contributed by atoms with E-state index in [1.165, 1.54) is 12.8 Å². The largest absolute Gasteiger partial charge is 1.00 e. The standard InChI is InChI=1S/2C14H17.C2H4.2ClH.Hf/c2*1-4-11-6-7-12(5-2)14-9-10(3)8-13(11)14;1-2;;;/h2*6-9H,4-5H2,1-3H3;1-2H2;2*1H;/q;;;;;+2/p-2. The minimum absolute atomic E-state index is 0. The van der Waals surface area contributed by atoms with Crippen LogP contribution >= 0.6 is 0 Å². The molecule has 3 heteroatoms. The van der Waals surface area contributed by atoms with Crippen molar-refractivity contribution in [1.82, 2.24) is 0 Å². The van der Waals surface area contributed by atoms with Gasteiger partial charge in [0.1, 0.15) is 0 Å². The normalized spacial score (nSPS) is 20.4. The molecule has 0 bridgehead atoms. The summed E-state index contributed by atoms with van der Waals surface area (Å²) in [7, 11) is 0. The van der Waals surface area contributed by atoms with Gasteiger partial charge in [-0.05, 0) is 0 Å². The second-order valence-electron chi connectivity index (χ2n) is 10.2. The summed E-state index contributed by atoms with van der Waals surface area (Å²) < 4.78 is 4.77. The number of hydrogen-bond donors (Lipinski definition) is 0. The maximum atomic E-state index is 2.61. The molecule has 3 aliphatic rings. The summed E-state index contributed by atoms with van der Waals surface area (Å²) in [6.07, 6.45) is 9.86. The first kappa shape index (κ1) is 27.0. The van der Waals surface area contributed by atoms with E-state index >= 15 is 0 Å². The van der Waals surface area contributed by atoms with Gasteiger partial charge in [0.2, 0.25) is 0 Å². The molecule has 0 radical (unpaired) electrons. The van der Waals surface area contributed by atoms with E-state index in [0.29, 0.717) is 0 Å². The Kier molecular flexibility index (Phi) is 8.30. The third-order valence-electron chi connectivity index (χ3n) is 8.67. The monoisotopic (exact) mass is 648 g/mol. The molecule has 2 aromatic rings. The van der Waals surface area contributed by atoms with E-state index < -0.39 is 20.0 Å². The van der Waals surface area contributed by atoms with Gasteiger partial charge in [-0.2, -0.15) is 0 Å². The van der Waals surface area contributed by atoms with Crippen molar-refractivity contribution in [2.75, 3.05) is 0 Å². The Morgan fingerprint density at radius 2 is 0.939 bits per heavy atom. The van der Waals surface area contributed by atoms with Crippen molar-refractivity contribution in [3.05, 3.63) is 79.9 Å². The minimum Gasteiger partial charge on any atom is -1.00 e. The van der Waals surface area contributed by atoms with Crippen molar-refractivity contribution >= 4 is 12.2 Å². The molecule has 2 aromatic carbocycles. The zero-order valence-corrected chi connectivity index (χ0v) is 26.2. The zero-order chi connectivity index (χ0) is 21.9. The summed E-state index contributed by atoms with van der Waals surface area (Å²) in [4.78, 5) is 0. The van der Waals surface area contributed by atoms with Crippen molar-refractivity contribution in [2.45, 2.75) is 82.9 Å². The molecular weight excluding hydrogens is 610 g/mol. The Morgan fingerprint density at radius 1 is 0.606 bits per heavy atom. The molecule has 2 aliphatic carbocycles. The molecule has 0 N–H and O–H groups in total. The fourth-order valence-electron chi connectivity index (χ4n) is 7.16. The van der Waals surface area contributed by atoms with Crippen LogP contribution in [0.2, 0.25) is 8.35 Å². The van der Waals surface area contributed by atoms with E-state index in [1.807, 2.05) is 0 Å². The van der Waals surface area contributed by atoms with E-state index in [0.717, 1.165) is 20.2 Å². The summed E-state index contributed by atoms with van der Waals surface area (Å²) in [5.74, 6) is 0. The maximum absolute atomic E-state index is 2.65. The van der Waals surface area contributed by atoms with Gasteiger partial charge in [-0.1, -0.05) is 0 Å². The van der Waals surface area contributed by atoms with Crippen molar-refractivity contribution in [3.63, 3.8) is 0 Å². The first-order chi connectivity index (χ1) is 15.0. The fraction of sp³-hybridized carbons (Fsp3) is 0.467. The van der Waals surface area contributed by atoms with Gasteiger partial charge >= 0.3 is 195 Å². The molecule has 5 rings (SSSR count). The second-order valence-corrected chi connectivity index (χ2v) is 26.8. The average molecular weight is 648 g/mol. The van der Waals surface area contributed by atoms with Gasteiger partial charge in [0, 0.05) is 0 Å². The first-order valence-corrected chi connectivity index (χ1v) is 21.9. The predicted molar refractivity (Wildman–Crippen MR) is 133 cm³/mol. The Hall–Kier alpha value is -0.630. The third-order valence-corrected chi connectivity index (χ3v) is 28.2. The Balaban J connectivity index is 0.00000153. The molecule has 1 aliphatic heterocycles. The number of benzene rings is 2. The van der Waals surface area contributed by atoms with Crippen molar-refractivity contribution in [3.8, 4) is 0 Å². The van der Waals surface area contributed by atoms with Crippen LogP contribution in [0.15, 0.2) is 35.4 Å². The van der Waals surface area contributed by atoms with Crippen molar-refractivity contribution in [2.24, 2.45) is 0 Å². The molecule has 0 saturated carbocycles. The number of halogens is 2. The zero-order valence-electron chi connectivity index (χ0n) is 21.1. The van der Waals surface area contributed by atoms with Gasteiger partial charge in [-0.25, -0.2) is 0 Å². The molecule has 0 spiro atoms. The van der Waals surface area contributed by atoms with Crippen molar-refractivity contribution in [1.29, 1.82) is 0 Å². The molecule has 33 heavy (non-hydrogen) atoms. The smallest absolute Gasteiger partial charge is 1.00 e. The van der Waals surface area contributed by atoms with Crippen LogP contribution in [-0.4, -0.2) is 0 Å². The van der Waals surface area contributed by atoms with E-state index in [4.69, 9.17) is 0 Å². The number of rotatable bonds is 6. The van der Waals surface area contributed by atoms with Crippen LogP contribution in [0.5, 0.6) is 0 Å². The number of fused-ring (bicyclic) bond motifs is 2. The number of aryl methyl sites for hydroxylation is 4. The molecule has 176 valence electrons. The predicted octanol–water partition coefficient (Wildman–Crippen LogP) is 2.56. The van der Waals surface area contributed by atoms with E-state index in [1.54, 1.807) is 64.0 Å².